The van der Waals surface area contributed by atoms with Gasteiger partial charge in [-0.3, -0.25) is 9.78 Å². The van der Waals surface area contributed by atoms with Crippen LogP contribution in [0.4, 0.5) is 0 Å². The zero-order valence-corrected chi connectivity index (χ0v) is 12.1. The SMILES string of the molecule is O=C(O)C1CCCC1c1nc(-c2cncc(Br)c2)no1. The number of hydrogen-bond acceptors (Lipinski definition) is 5. The van der Waals surface area contributed by atoms with Gasteiger partial charge in [-0.1, -0.05) is 11.6 Å². The fourth-order valence-electron chi connectivity index (χ4n) is 2.59. The first kappa shape index (κ1) is 13.2. The van der Waals surface area contributed by atoms with Crippen LogP contribution in [0, 0.1) is 5.92 Å². The molecule has 3 rings (SSSR count). The highest BCUT2D eigenvalue weighted by molar-refractivity contribution is 9.10. The van der Waals surface area contributed by atoms with Gasteiger partial charge in [-0.05, 0) is 34.8 Å². The summed E-state index contributed by atoms with van der Waals surface area (Å²) < 4.78 is 6.08. The highest BCUT2D eigenvalue weighted by atomic mass is 79.9. The second-order valence-electron chi connectivity index (χ2n) is 4.83. The van der Waals surface area contributed by atoms with E-state index in [1.807, 2.05) is 6.07 Å². The Morgan fingerprint density at radius 3 is 3.00 bits per heavy atom. The number of hydrogen-bond donors (Lipinski definition) is 1. The fourth-order valence-corrected chi connectivity index (χ4v) is 2.95. The van der Waals surface area contributed by atoms with Crippen molar-refractivity contribution in [1.82, 2.24) is 15.1 Å². The Labute approximate surface area is 123 Å². The quantitative estimate of drug-likeness (QED) is 0.926. The molecule has 2 aromatic heterocycles. The summed E-state index contributed by atoms with van der Waals surface area (Å²) in [6, 6.07) is 1.84. The van der Waals surface area contributed by atoms with Gasteiger partial charge < -0.3 is 9.63 Å². The molecule has 1 saturated carbocycles. The average Bonchev–Trinajstić information content (AvgIpc) is 3.07. The number of carbonyl (C=O) groups is 1. The van der Waals surface area contributed by atoms with Crippen LogP contribution in [-0.2, 0) is 4.79 Å². The van der Waals surface area contributed by atoms with Gasteiger partial charge in [-0.15, -0.1) is 0 Å². The molecule has 0 aliphatic heterocycles. The first-order chi connectivity index (χ1) is 9.65. The lowest BCUT2D eigenvalue weighted by Crippen LogP contribution is -2.17. The predicted molar refractivity (Wildman–Crippen MR) is 72.9 cm³/mol. The van der Waals surface area contributed by atoms with Gasteiger partial charge in [0, 0.05) is 22.4 Å². The van der Waals surface area contributed by atoms with Gasteiger partial charge in [0.15, 0.2) is 0 Å². The van der Waals surface area contributed by atoms with E-state index in [9.17, 15) is 9.90 Å². The molecule has 1 aliphatic rings. The third-order valence-electron chi connectivity index (χ3n) is 3.56. The molecule has 1 aliphatic carbocycles. The van der Waals surface area contributed by atoms with Crippen molar-refractivity contribution in [2.75, 3.05) is 0 Å². The maximum Gasteiger partial charge on any atom is 0.307 e. The minimum Gasteiger partial charge on any atom is -0.481 e. The van der Waals surface area contributed by atoms with Crippen molar-refractivity contribution in [1.29, 1.82) is 0 Å². The van der Waals surface area contributed by atoms with Crippen molar-refractivity contribution >= 4 is 21.9 Å². The van der Waals surface area contributed by atoms with E-state index in [2.05, 4.69) is 31.1 Å². The van der Waals surface area contributed by atoms with E-state index >= 15 is 0 Å². The van der Waals surface area contributed by atoms with Crippen molar-refractivity contribution in [3.63, 3.8) is 0 Å². The lowest BCUT2D eigenvalue weighted by molar-refractivity contribution is -0.142. The molecule has 6 nitrogen and oxygen atoms in total. The molecule has 0 aromatic carbocycles. The smallest absolute Gasteiger partial charge is 0.307 e. The molecule has 104 valence electrons. The first-order valence-electron chi connectivity index (χ1n) is 6.32. The van der Waals surface area contributed by atoms with Gasteiger partial charge >= 0.3 is 5.97 Å². The van der Waals surface area contributed by atoms with E-state index < -0.39 is 11.9 Å². The highest BCUT2D eigenvalue weighted by Crippen LogP contribution is 2.39. The summed E-state index contributed by atoms with van der Waals surface area (Å²) in [7, 11) is 0. The van der Waals surface area contributed by atoms with Gasteiger partial charge in [0.2, 0.25) is 11.7 Å². The summed E-state index contributed by atoms with van der Waals surface area (Å²) in [6.45, 7) is 0. The molecule has 20 heavy (non-hydrogen) atoms. The topological polar surface area (TPSA) is 89.1 Å². The molecule has 2 heterocycles. The molecule has 2 aromatic rings. The Kier molecular flexibility index (Phi) is 3.52. The molecule has 0 spiro atoms. The summed E-state index contributed by atoms with van der Waals surface area (Å²) in [6.07, 6.45) is 5.62. The van der Waals surface area contributed by atoms with Crippen molar-refractivity contribution in [3.8, 4) is 11.4 Å². The van der Waals surface area contributed by atoms with E-state index in [1.165, 1.54) is 0 Å². The van der Waals surface area contributed by atoms with Crippen LogP contribution >= 0.6 is 15.9 Å². The Balaban J connectivity index is 1.89. The maximum atomic E-state index is 11.2. The molecule has 1 N–H and O–H groups in total. The van der Waals surface area contributed by atoms with E-state index in [-0.39, 0.29) is 5.92 Å². The van der Waals surface area contributed by atoms with Crippen LogP contribution in [0.15, 0.2) is 27.5 Å². The summed E-state index contributed by atoms with van der Waals surface area (Å²) in [4.78, 5) is 19.6. The number of carboxylic acids is 1. The van der Waals surface area contributed by atoms with Crippen LogP contribution in [0.3, 0.4) is 0 Å². The number of rotatable bonds is 3. The predicted octanol–water partition coefficient (Wildman–Crippen LogP) is 2.86. The third kappa shape index (κ3) is 2.45. The van der Waals surface area contributed by atoms with Gasteiger partial charge in [0.05, 0.1) is 11.8 Å². The van der Waals surface area contributed by atoms with Crippen LogP contribution in [0.5, 0.6) is 0 Å². The van der Waals surface area contributed by atoms with E-state index in [4.69, 9.17) is 4.52 Å². The Bertz CT molecular complexity index is 643. The lowest BCUT2D eigenvalue weighted by atomic mass is 9.96. The molecule has 0 saturated heterocycles. The third-order valence-corrected chi connectivity index (χ3v) is 3.99. The second-order valence-corrected chi connectivity index (χ2v) is 5.75. The van der Waals surface area contributed by atoms with Crippen LogP contribution < -0.4 is 0 Å². The number of aliphatic carboxylic acids is 1. The van der Waals surface area contributed by atoms with Crippen molar-refractivity contribution in [2.45, 2.75) is 25.2 Å². The normalized spacial score (nSPS) is 22.1. The molecular weight excluding hydrogens is 326 g/mol. The molecule has 0 amide bonds. The largest absolute Gasteiger partial charge is 0.481 e. The second kappa shape index (κ2) is 5.32. The molecule has 1 fully saturated rings. The van der Waals surface area contributed by atoms with Crippen molar-refractivity contribution in [2.24, 2.45) is 5.92 Å². The van der Waals surface area contributed by atoms with E-state index in [1.54, 1.807) is 12.4 Å². The number of nitrogens with zero attached hydrogens (tertiary/aromatic N) is 3. The van der Waals surface area contributed by atoms with Crippen molar-refractivity contribution in [3.05, 3.63) is 28.8 Å². The van der Waals surface area contributed by atoms with E-state index in [0.29, 0.717) is 18.1 Å². The average molecular weight is 338 g/mol. The van der Waals surface area contributed by atoms with E-state index in [0.717, 1.165) is 22.9 Å². The zero-order chi connectivity index (χ0) is 14.1. The fraction of sp³-hybridized carbons (Fsp3) is 0.385. The minimum atomic E-state index is -0.795. The maximum absolute atomic E-state index is 11.2. The van der Waals surface area contributed by atoms with Crippen molar-refractivity contribution < 1.29 is 14.4 Å². The Hall–Kier alpha value is -1.76. The molecule has 0 radical (unpaired) electrons. The van der Waals surface area contributed by atoms with Crippen LogP contribution in [0.2, 0.25) is 0 Å². The van der Waals surface area contributed by atoms with Crippen LogP contribution in [-0.4, -0.2) is 26.2 Å². The Morgan fingerprint density at radius 2 is 2.25 bits per heavy atom. The number of carboxylic acid groups (broad SMARTS) is 1. The number of halogens is 1. The molecule has 0 bridgehead atoms. The van der Waals surface area contributed by atoms with Crippen LogP contribution in [0.25, 0.3) is 11.4 Å². The molecule has 7 heteroatoms. The summed E-state index contributed by atoms with van der Waals surface area (Å²) >= 11 is 3.33. The number of pyridine rings is 1. The molecule has 2 unspecified atom stereocenters. The standard InChI is InChI=1S/C13H12BrN3O3/c14-8-4-7(5-15-6-8)11-16-12(20-17-11)9-2-1-3-10(9)13(18)19/h4-6,9-10H,1-3H2,(H,18,19). The van der Waals surface area contributed by atoms with Gasteiger partial charge in [0.25, 0.3) is 0 Å². The minimum absolute atomic E-state index is 0.186. The Morgan fingerprint density at radius 1 is 1.40 bits per heavy atom. The summed E-state index contributed by atoms with van der Waals surface area (Å²) in [5, 5.41) is 13.1. The van der Waals surface area contributed by atoms with Crippen LogP contribution in [0.1, 0.15) is 31.1 Å². The van der Waals surface area contributed by atoms with Gasteiger partial charge in [-0.25, -0.2) is 0 Å². The first-order valence-corrected chi connectivity index (χ1v) is 7.12. The molecular formula is C13H12BrN3O3. The van der Waals surface area contributed by atoms with Gasteiger partial charge in [-0.2, -0.15) is 4.98 Å². The summed E-state index contributed by atoms with van der Waals surface area (Å²) in [5.41, 5.74) is 0.735. The lowest BCUT2D eigenvalue weighted by Gasteiger charge is -2.09. The highest BCUT2D eigenvalue weighted by Gasteiger charge is 2.37. The monoisotopic (exact) mass is 337 g/mol. The summed E-state index contributed by atoms with van der Waals surface area (Å²) in [5.74, 6) is -0.566. The number of aromatic nitrogens is 3. The van der Waals surface area contributed by atoms with Gasteiger partial charge in [0.1, 0.15) is 0 Å². The zero-order valence-electron chi connectivity index (χ0n) is 10.5. The molecule has 2 atom stereocenters.